The second-order valence-electron chi connectivity index (χ2n) is 8.49. The molecule has 0 radical (unpaired) electrons. The number of halogens is 1. The molecule has 4 aromatic rings. The van der Waals surface area contributed by atoms with E-state index in [0.717, 1.165) is 22.4 Å². The molecule has 0 spiro atoms. The van der Waals surface area contributed by atoms with Crippen molar-refractivity contribution in [1.29, 1.82) is 0 Å². The van der Waals surface area contributed by atoms with Gasteiger partial charge in [-0.15, -0.1) is 0 Å². The predicted octanol–water partition coefficient (Wildman–Crippen LogP) is 4.97. The molecule has 0 bridgehead atoms. The van der Waals surface area contributed by atoms with Crippen molar-refractivity contribution in [1.82, 2.24) is 15.0 Å². The largest absolute Gasteiger partial charge is 0.335 e. The first-order valence-corrected chi connectivity index (χ1v) is 10.8. The lowest BCUT2D eigenvalue weighted by Crippen LogP contribution is -2.35. The lowest BCUT2D eigenvalue weighted by molar-refractivity contribution is -0.116. The van der Waals surface area contributed by atoms with Crippen molar-refractivity contribution in [2.24, 2.45) is 0 Å². The number of carbonyl (C=O) groups excluding carboxylic acids is 2. The second-order valence-corrected chi connectivity index (χ2v) is 8.49. The Morgan fingerprint density at radius 2 is 1.68 bits per heavy atom. The number of rotatable bonds is 5. The van der Waals surface area contributed by atoms with Crippen LogP contribution in [0.1, 0.15) is 32.7 Å². The summed E-state index contributed by atoms with van der Waals surface area (Å²) >= 11 is 0. The number of nitrogens with one attached hydrogen (secondary N) is 1. The molecule has 0 aliphatic rings. The molecule has 7 nitrogen and oxygen atoms in total. The van der Waals surface area contributed by atoms with E-state index in [0.29, 0.717) is 27.9 Å². The van der Waals surface area contributed by atoms with Crippen molar-refractivity contribution >= 4 is 28.6 Å². The third-order valence-corrected chi connectivity index (χ3v) is 5.66. The van der Waals surface area contributed by atoms with Gasteiger partial charge in [0.1, 0.15) is 5.82 Å². The van der Waals surface area contributed by atoms with Gasteiger partial charge in [-0.3, -0.25) is 9.59 Å². The van der Waals surface area contributed by atoms with Gasteiger partial charge in [-0.1, -0.05) is 22.9 Å². The summed E-state index contributed by atoms with van der Waals surface area (Å²) in [4.78, 5) is 31.9. The van der Waals surface area contributed by atoms with Crippen LogP contribution >= 0.6 is 0 Å². The van der Waals surface area contributed by atoms with Crippen LogP contribution in [-0.2, 0) is 4.79 Å². The highest BCUT2D eigenvalue weighted by Crippen LogP contribution is 2.28. The summed E-state index contributed by atoms with van der Waals surface area (Å²) in [7, 11) is 1.56. The van der Waals surface area contributed by atoms with Gasteiger partial charge in [-0.2, -0.15) is 0 Å². The molecule has 0 aliphatic carbocycles. The van der Waals surface area contributed by atoms with Crippen LogP contribution in [0.25, 0.3) is 22.4 Å². The first-order chi connectivity index (χ1) is 16.1. The van der Waals surface area contributed by atoms with Gasteiger partial charge in [0.2, 0.25) is 5.91 Å². The zero-order chi connectivity index (χ0) is 24.6. The lowest BCUT2D eigenvalue weighted by Gasteiger charge is -2.19. The average Bonchev–Trinajstić information content (AvgIpc) is 3.16. The minimum Gasteiger partial charge on any atom is -0.335 e. The fourth-order valence-electron chi connectivity index (χ4n) is 4.08. The third-order valence-electron chi connectivity index (χ3n) is 5.66. The van der Waals surface area contributed by atoms with E-state index in [1.807, 2.05) is 32.9 Å². The molecule has 4 rings (SSSR count). The van der Waals surface area contributed by atoms with Gasteiger partial charge in [0.05, 0.1) is 28.9 Å². The van der Waals surface area contributed by atoms with E-state index >= 15 is 0 Å². The van der Waals surface area contributed by atoms with Crippen LogP contribution in [0.3, 0.4) is 0 Å². The summed E-state index contributed by atoms with van der Waals surface area (Å²) in [5.41, 5.74) is 5.86. The Hall–Kier alpha value is -4.07. The van der Waals surface area contributed by atoms with Crippen LogP contribution < -0.4 is 5.32 Å². The zero-order valence-electron chi connectivity index (χ0n) is 19.7. The van der Waals surface area contributed by atoms with Crippen molar-refractivity contribution < 1.29 is 18.5 Å². The number of hydrogen-bond donors (Lipinski definition) is 1. The Kier molecular flexibility index (Phi) is 6.15. The van der Waals surface area contributed by atoms with E-state index in [1.54, 1.807) is 32.2 Å². The predicted molar refractivity (Wildman–Crippen MR) is 128 cm³/mol. The molecule has 2 aromatic heterocycles. The van der Waals surface area contributed by atoms with E-state index in [-0.39, 0.29) is 29.9 Å². The molecule has 0 saturated carbocycles. The molecule has 34 heavy (non-hydrogen) atoms. The Balaban J connectivity index is 1.62. The number of carbonyl (C=O) groups is 2. The van der Waals surface area contributed by atoms with Gasteiger partial charge in [0.25, 0.3) is 11.6 Å². The monoisotopic (exact) mass is 460 g/mol. The molecule has 1 N–H and O–H groups in total. The Bertz CT molecular complexity index is 1390. The summed E-state index contributed by atoms with van der Waals surface area (Å²) in [5.74, 6) is -1.06. The van der Waals surface area contributed by atoms with Crippen LogP contribution in [0.2, 0.25) is 0 Å². The lowest BCUT2D eigenvalue weighted by atomic mass is 10.0. The van der Waals surface area contributed by atoms with Gasteiger partial charge in [0, 0.05) is 18.3 Å². The number of aromatic nitrogens is 2. The number of nitrogens with zero attached hydrogens (tertiary/aromatic N) is 3. The summed E-state index contributed by atoms with van der Waals surface area (Å²) in [6.07, 6.45) is 0. The summed E-state index contributed by atoms with van der Waals surface area (Å²) in [6.45, 7) is 7.44. The topological polar surface area (TPSA) is 88.3 Å². The molecule has 174 valence electrons. The van der Waals surface area contributed by atoms with Crippen LogP contribution in [-0.4, -0.2) is 40.4 Å². The third kappa shape index (κ3) is 4.52. The maximum atomic E-state index is 13.4. The molecular weight excluding hydrogens is 435 g/mol. The molecule has 2 aromatic carbocycles. The van der Waals surface area contributed by atoms with E-state index in [4.69, 9.17) is 4.52 Å². The number of pyridine rings is 1. The van der Waals surface area contributed by atoms with Gasteiger partial charge in [0.15, 0.2) is 0 Å². The molecule has 2 heterocycles. The summed E-state index contributed by atoms with van der Waals surface area (Å²) in [6, 6.07) is 11.4. The number of aryl methyl sites for hydroxylation is 4. The second kappa shape index (κ2) is 9.05. The number of fused-ring (bicyclic) bond motifs is 1. The quantitative estimate of drug-likeness (QED) is 0.454. The van der Waals surface area contributed by atoms with Gasteiger partial charge >= 0.3 is 0 Å². The fraction of sp³-hybridized carbons (Fsp3) is 0.231. The number of likely N-dealkylation sites (N-methyl/N-ethyl adjacent to an activating group) is 1. The first kappa shape index (κ1) is 23.1. The maximum Gasteiger partial charge on any atom is 0.259 e. The number of hydrogen-bond acceptors (Lipinski definition) is 5. The number of amides is 2. The molecule has 0 saturated heterocycles. The van der Waals surface area contributed by atoms with Gasteiger partial charge in [-0.25, -0.2) is 9.37 Å². The summed E-state index contributed by atoms with van der Waals surface area (Å²) < 4.78 is 18.7. The minimum atomic E-state index is -0.380. The molecule has 0 aliphatic heterocycles. The first-order valence-electron chi connectivity index (χ1n) is 10.8. The maximum absolute atomic E-state index is 13.4. The number of benzene rings is 2. The Morgan fingerprint density at radius 1 is 1.03 bits per heavy atom. The Morgan fingerprint density at radius 3 is 2.32 bits per heavy atom. The van der Waals surface area contributed by atoms with E-state index in [9.17, 15) is 14.0 Å². The van der Waals surface area contributed by atoms with Gasteiger partial charge < -0.3 is 14.7 Å². The van der Waals surface area contributed by atoms with Crippen molar-refractivity contribution in [2.75, 3.05) is 18.9 Å². The molecule has 0 unspecified atom stereocenters. The SMILES string of the molecule is Cc1cc(C)c(NC(=O)CN(C)C(=O)c2cc(-c3ccc(F)cc3)nc3onc(C)c23)c(C)c1. The van der Waals surface area contributed by atoms with Crippen molar-refractivity contribution in [3.8, 4) is 11.3 Å². The average molecular weight is 461 g/mol. The molecule has 2 amide bonds. The normalized spacial score (nSPS) is 11.0. The molecular formula is C26H25FN4O3. The summed E-state index contributed by atoms with van der Waals surface area (Å²) in [5, 5.41) is 7.34. The van der Waals surface area contributed by atoms with Crippen LogP contribution in [0.15, 0.2) is 47.0 Å². The zero-order valence-corrected chi connectivity index (χ0v) is 19.7. The van der Waals surface area contributed by atoms with E-state index < -0.39 is 0 Å². The van der Waals surface area contributed by atoms with Crippen LogP contribution in [0.5, 0.6) is 0 Å². The molecule has 8 heteroatoms. The highest BCUT2D eigenvalue weighted by Gasteiger charge is 2.23. The highest BCUT2D eigenvalue weighted by atomic mass is 19.1. The fourth-order valence-corrected chi connectivity index (χ4v) is 4.08. The highest BCUT2D eigenvalue weighted by molar-refractivity contribution is 6.08. The Labute approximate surface area is 196 Å². The van der Waals surface area contributed by atoms with E-state index in [2.05, 4.69) is 15.5 Å². The standard InChI is InChI=1S/C26H25FN4O3/c1-14-10-15(2)24(16(3)11-14)29-22(32)13-31(5)26(33)20-12-21(18-6-8-19(27)9-7-18)28-25-23(20)17(4)30-34-25/h6-12H,13H2,1-5H3,(H,29,32). The van der Waals surface area contributed by atoms with Crippen LogP contribution in [0.4, 0.5) is 10.1 Å². The van der Waals surface area contributed by atoms with Crippen LogP contribution in [0, 0.1) is 33.5 Å². The van der Waals surface area contributed by atoms with Crippen molar-refractivity contribution in [3.63, 3.8) is 0 Å². The van der Waals surface area contributed by atoms with Crippen molar-refractivity contribution in [3.05, 3.63) is 76.2 Å². The van der Waals surface area contributed by atoms with E-state index in [1.165, 1.54) is 17.0 Å². The molecule has 0 atom stereocenters. The molecule has 0 fully saturated rings. The number of anilines is 1. The van der Waals surface area contributed by atoms with Crippen molar-refractivity contribution in [2.45, 2.75) is 27.7 Å². The minimum absolute atomic E-state index is 0.147. The van der Waals surface area contributed by atoms with Gasteiger partial charge in [-0.05, 0) is 69.2 Å². The smallest absolute Gasteiger partial charge is 0.259 e.